The number of aromatic nitrogens is 2. The zero-order valence-electron chi connectivity index (χ0n) is 26.8. The molecule has 0 aliphatic rings. The SMILES string of the molecule is CCCCC(CC)CNc1cc[nH+]cc1.CCCCC(CC)CNc1cc[nH+]cc1.CCCCCCCC.[Br-].[Br-]. The Labute approximate surface area is 270 Å². The molecule has 2 rings (SSSR count). The second-order valence-corrected chi connectivity index (χ2v) is 10.6. The lowest BCUT2D eigenvalue weighted by Crippen LogP contribution is -3.00. The normalized spacial score (nSPS) is 11.2. The predicted molar refractivity (Wildman–Crippen MR) is 169 cm³/mol. The molecule has 0 amide bonds. The summed E-state index contributed by atoms with van der Waals surface area (Å²) in [6.07, 6.45) is 26.8. The van der Waals surface area contributed by atoms with Crippen LogP contribution in [-0.4, -0.2) is 13.1 Å². The van der Waals surface area contributed by atoms with Crippen LogP contribution < -0.4 is 54.6 Å². The molecule has 2 heterocycles. The van der Waals surface area contributed by atoms with Crippen LogP contribution in [0, 0.1) is 11.8 Å². The monoisotopic (exact) mass is 686 g/mol. The van der Waals surface area contributed by atoms with E-state index in [0.29, 0.717) is 0 Å². The maximum Gasteiger partial charge on any atom is 0.169 e. The highest BCUT2D eigenvalue weighted by atomic mass is 79.9. The van der Waals surface area contributed by atoms with Crippen LogP contribution in [0.1, 0.15) is 131 Å². The van der Waals surface area contributed by atoms with Crippen molar-refractivity contribution >= 4 is 11.4 Å². The number of rotatable bonds is 19. The van der Waals surface area contributed by atoms with Gasteiger partial charge in [0.15, 0.2) is 24.8 Å². The number of hydrogen-bond acceptors (Lipinski definition) is 2. The summed E-state index contributed by atoms with van der Waals surface area (Å²) in [4.78, 5) is 6.06. The second kappa shape index (κ2) is 34.1. The summed E-state index contributed by atoms with van der Waals surface area (Å²) in [7, 11) is 0. The molecule has 2 aromatic rings. The van der Waals surface area contributed by atoms with Gasteiger partial charge in [-0.1, -0.05) is 119 Å². The van der Waals surface area contributed by atoms with Crippen molar-refractivity contribution in [3.63, 3.8) is 0 Å². The van der Waals surface area contributed by atoms with Gasteiger partial charge in [0, 0.05) is 48.7 Å². The Bertz CT molecular complexity index is 642. The standard InChI is InChI=1S/2C13H22N2.C8H18.2BrH/c2*1-3-5-6-12(4-2)11-15-13-7-9-14-10-8-13;1-3-5-7-8-6-4-2;;/h2*7-10,12H,3-6,11H2,1-2H3,(H,14,15);3-8H2,1-2H3;2*1H. The van der Waals surface area contributed by atoms with E-state index >= 15 is 0 Å². The number of unbranched alkanes of at least 4 members (excludes halogenated alkanes) is 7. The van der Waals surface area contributed by atoms with E-state index < -0.39 is 0 Å². The molecule has 2 aromatic heterocycles. The van der Waals surface area contributed by atoms with Crippen molar-refractivity contribution in [1.82, 2.24) is 0 Å². The van der Waals surface area contributed by atoms with Gasteiger partial charge in [-0.3, -0.25) is 0 Å². The van der Waals surface area contributed by atoms with Gasteiger partial charge in [-0.15, -0.1) is 0 Å². The van der Waals surface area contributed by atoms with Gasteiger partial charge >= 0.3 is 0 Å². The minimum atomic E-state index is 0. The molecule has 0 aromatic carbocycles. The van der Waals surface area contributed by atoms with Crippen molar-refractivity contribution < 1.29 is 43.9 Å². The number of anilines is 2. The Morgan fingerprint density at radius 2 is 0.825 bits per heavy atom. The second-order valence-electron chi connectivity index (χ2n) is 10.6. The van der Waals surface area contributed by atoms with E-state index in [1.165, 1.54) is 101 Å². The Hall–Kier alpha value is -1.14. The van der Waals surface area contributed by atoms with Gasteiger partial charge in [0.2, 0.25) is 0 Å². The fourth-order valence-corrected chi connectivity index (χ4v) is 4.27. The predicted octanol–water partition coefficient (Wildman–Crippen LogP) is 3.63. The van der Waals surface area contributed by atoms with Crippen LogP contribution >= 0.6 is 0 Å². The summed E-state index contributed by atoms with van der Waals surface area (Å²) in [6.45, 7) is 15.8. The van der Waals surface area contributed by atoms with Crippen molar-refractivity contribution in [3.8, 4) is 0 Å². The number of H-pyrrole nitrogens is 2. The smallest absolute Gasteiger partial charge is 0.169 e. The van der Waals surface area contributed by atoms with Gasteiger partial charge in [0.25, 0.3) is 0 Å². The largest absolute Gasteiger partial charge is 1.00 e. The molecule has 0 saturated carbocycles. The van der Waals surface area contributed by atoms with E-state index in [0.717, 1.165) is 24.9 Å². The molecule has 0 bridgehead atoms. The fraction of sp³-hybridized carbons (Fsp3) is 0.706. The van der Waals surface area contributed by atoms with Crippen molar-refractivity contribution in [2.45, 2.75) is 131 Å². The molecule has 0 aliphatic heterocycles. The van der Waals surface area contributed by atoms with Gasteiger partial charge in [-0.2, -0.15) is 0 Å². The molecule has 2 atom stereocenters. The molecule has 0 fully saturated rings. The molecule has 0 aliphatic carbocycles. The summed E-state index contributed by atoms with van der Waals surface area (Å²) in [5.74, 6) is 1.63. The van der Waals surface area contributed by atoms with E-state index in [1.807, 2.05) is 24.8 Å². The molecule has 2 unspecified atom stereocenters. The third-order valence-corrected chi connectivity index (χ3v) is 7.17. The van der Waals surface area contributed by atoms with Crippen LogP contribution in [0.3, 0.4) is 0 Å². The molecule has 6 heteroatoms. The zero-order valence-corrected chi connectivity index (χ0v) is 30.0. The average Bonchev–Trinajstić information content (AvgIpc) is 2.97. The number of aromatic amines is 2. The first-order valence-electron chi connectivity index (χ1n) is 16.0. The van der Waals surface area contributed by atoms with E-state index in [2.05, 4.69) is 86.4 Å². The van der Waals surface area contributed by atoms with Gasteiger partial charge in [0.05, 0.1) is 0 Å². The molecular weight excluding hydrogens is 624 g/mol. The van der Waals surface area contributed by atoms with Crippen molar-refractivity contribution in [2.24, 2.45) is 11.8 Å². The molecule has 40 heavy (non-hydrogen) atoms. The van der Waals surface area contributed by atoms with E-state index in [-0.39, 0.29) is 34.0 Å². The first-order valence-corrected chi connectivity index (χ1v) is 16.0. The molecule has 0 saturated heterocycles. The number of nitrogens with one attached hydrogen (secondary N) is 4. The topological polar surface area (TPSA) is 52.3 Å². The Kier molecular flexibility index (Phi) is 36.9. The zero-order chi connectivity index (χ0) is 28.1. The van der Waals surface area contributed by atoms with Crippen LogP contribution in [0.4, 0.5) is 11.4 Å². The van der Waals surface area contributed by atoms with Gasteiger partial charge in [0.1, 0.15) is 0 Å². The third-order valence-electron chi connectivity index (χ3n) is 7.17. The lowest BCUT2D eigenvalue weighted by atomic mass is 9.99. The molecular formula is C34H64Br2N4. The van der Waals surface area contributed by atoms with Crippen LogP contribution in [-0.2, 0) is 0 Å². The summed E-state index contributed by atoms with van der Waals surface area (Å²) < 4.78 is 0. The first kappa shape index (κ1) is 43.3. The van der Waals surface area contributed by atoms with Crippen LogP contribution in [0.5, 0.6) is 0 Å². The molecule has 4 N–H and O–H groups in total. The highest BCUT2D eigenvalue weighted by Crippen LogP contribution is 2.15. The van der Waals surface area contributed by atoms with Crippen LogP contribution in [0.25, 0.3) is 0 Å². The van der Waals surface area contributed by atoms with Crippen molar-refractivity contribution in [3.05, 3.63) is 49.1 Å². The Morgan fingerprint density at radius 3 is 1.10 bits per heavy atom. The summed E-state index contributed by atoms with van der Waals surface area (Å²) >= 11 is 0. The van der Waals surface area contributed by atoms with E-state index in [1.54, 1.807) is 0 Å². The van der Waals surface area contributed by atoms with Gasteiger partial charge in [-0.25, -0.2) is 9.97 Å². The third kappa shape index (κ3) is 27.1. The maximum atomic E-state index is 3.48. The summed E-state index contributed by atoms with van der Waals surface area (Å²) in [6, 6.07) is 8.30. The number of hydrogen-bond donors (Lipinski definition) is 2. The fourth-order valence-electron chi connectivity index (χ4n) is 4.27. The molecule has 0 radical (unpaired) electrons. The minimum absolute atomic E-state index is 0. The molecule has 4 nitrogen and oxygen atoms in total. The van der Waals surface area contributed by atoms with Gasteiger partial charge < -0.3 is 44.6 Å². The number of pyridine rings is 2. The highest BCUT2D eigenvalue weighted by Gasteiger charge is 2.06. The molecule has 234 valence electrons. The Balaban J connectivity index is -0.000000525. The highest BCUT2D eigenvalue weighted by molar-refractivity contribution is 5.40. The van der Waals surface area contributed by atoms with Crippen LogP contribution in [0.15, 0.2) is 49.1 Å². The Morgan fingerprint density at radius 1 is 0.500 bits per heavy atom. The molecule has 0 spiro atoms. The summed E-state index contributed by atoms with van der Waals surface area (Å²) in [5, 5.41) is 6.97. The van der Waals surface area contributed by atoms with Crippen molar-refractivity contribution in [1.29, 1.82) is 0 Å². The number of halogens is 2. The quantitative estimate of drug-likeness (QED) is 0.222. The maximum absolute atomic E-state index is 3.48. The van der Waals surface area contributed by atoms with Crippen LogP contribution in [0.2, 0.25) is 0 Å². The summed E-state index contributed by atoms with van der Waals surface area (Å²) in [5.41, 5.74) is 2.42. The van der Waals surface area contributed by atoms with Gasteiger partial charge in [-0.05, 0) is 24.7 Å². The average molecular weight is 689 g/mol. The van der Waals surface area contributed by atoms with E-state index in [9.17, 15) is 0 Å². The first-order chi connectivity index (χ1) is 18.6. The lowest BCUT2D eigenvalue weighted by Gasteiger charge is -2.15. The van der Waals surface area contributed by atoms with Crippen molar-refractivity contribution in [2.75, 3.05) is 23.7 Å². The van der Waals surface area contributed by atoms with E-state index in [4.69, 9.17) is 0 Å². The minimum Gasteiger partial charge on any atom is -1.00 e. The lowest BCUT2D eigenvalue weighted by molar-refractivity contribution is -0.378.